The fourth-order valence-electron chi connectivity index (χ4n) is 1.73. The Labute approximate surface area is 67.3 Å². The second-order valence-electron chi connectivity index (χ2n) is 3.24. The third kappa shape index (κ3) is 1.38. The van der Waals surface area contributed by atoms with Crippen LogP contribution >= 0.6 is 0 Å². The van der Waals surface area contributed by atoms with Crippen molar-refractivity contribution in [3.05, 3.63) is 0 Å². The molecule has 0 unspecified atom stereocenters. The number of nitrogens with two attached hydrogens (primary N) is 1. The molecule has 0 saturated carbocycles. The number of nitrogens with one attached hydrogen (secondary N) is 1. The van der Waals surface area contributed by atoms with Crippen molar-refractivity contribution in [1.29, 1.82) is 0 Å². The molecule has 64 valence electrons. The molecular weight excluding hydrogens is 140 g/mol. The summed E-state index contributed by atoms with van der Waals surface area (Å²) in [5.74, 6) is 0.154. The molecule has 0 aromatic carbocycles. The summed E-state index contributed by atoms with van der Waals surface area (Å²) in [7, 11) is 0. The lowest BCUT2D eigenvalue weighted by Gasteiger charge is -2.22. The largest absolute Gasteiger partial charge is 0.356 e. The molecule has 0 bridgehead atoms. The van der Waals surface area contributed by atoms with Crippen molar-refractivity contribution in [3.63, 3.8) is 0 Å². The van der Waals surface area contributed by atoms with Crippen molar-refractivity contribution in [2.75, 3.05) is 13.1 Å². The fraction of sp³-hybridized carbons (Fsp3) is 0.875. The Bertz CT molecular complexity index is 158. The zero-order chi connectivity index (χ0) is 8.32. The van der Waals surface area contributed by atoms with E-state index in [4.69, 9.17) is 5.73 Å². The van der Waals surface area contributed by atoms with E-state index in [0.29, 0.717) is 6.54 Å². The molecule has 0 aromatic heterocycles. The van der Waals surface area contributed by atoms with Gasteiger partial charge in [0, 0.05) is 13.1 Å². The summed E-state index contributed by atoms with van der Waals surface area (Å²) in [6.45, 7) is 3.38. The van der Waals surface area contributed by atoms with Gasteiger partial charge in [-0.2, -0.15) is 0 Å². The van der Waals surface area contributed by atoms with Crippen LogP contribution in [0.25, 0.3) is 0 Å². The molecule has 1 rings (SSSR count). The topological polar surface area (TPSA) is 55.1 Å². The maximum atomic E-state index is 11.3. The highest BCUT2D eigenvalue weighted by atomic mass is 16.2. The first-order valence-corrected chi connectivity index (χ1v) is 4.23. The molecule has 1 aliphatic rings. The van der Waals surface area contributed by atoms with E-state index in [2.05, 4.69) is 12.2 Å². The molecule has 1 heterocycles. The van der Waals surface area contributed by atoms with Gasteiger partial charge < -0.3 is 11.1 Å². The molecule has 3 nitrogen and oxygen atoms in total. The average molecular weight is 156 g/mol. The lowest BCUT2D eigenvalue weighted by molar-refractivity contribution is -0.127. The molecule has 1 fully saturated rings. The van der Waals surface area contributed by atoms with Crippen molar-refractivity contribution in [1.82, 2.24) is 5.32 Å². The standard InChI is InChI=1S/C8H16N2O/c1-2-3-8(6-9)4-5-10-7(8)11/h2-6,9H2,1H3,(H,10,11)/t8-/m0/s1. The third-order valence-electron chi connectivity index (χ3n) is 2.49. The molecule has 0 spiro atoms. The van der Waals surface area contributed by atoms with E-state index in [9.17, 15) is 4.79 Å². The Morgan fingerprint density at radius 1 is 1.73 bits per heavy atom. The van der Waals surface area contributed by atoms with E-state index in [1.54, 1.807) is 0 Å². The highest BCUT2D eigenvalue weighted by Gasteiger charge is 2.39. The molecule has 0 radical (unpaired) electrons. The molecule has 1 saturated heterocycles. The molecule has 1 atom stereocenters. The quantitative estimate of drug-likeness (QED) is 0.615. The molecular formula is C8H16N2O. The molecule has 0 aliphatic carbocycles. The van der Waals surface area contributed by atoms with Gasteiger partial charge in [-0.05, 0) is 12.8 Å². The van der Waals surface area contributed by atoms with Crippen molar-refractivity contribution in [2.24, 2.45) is 11.1 Å². The second-order valence-corrected chi connectivity index (χ2v) is 3.24. The zero-order valence-electron chi connectivity index (χ0n) is 7.02. The van der Waals surface area contributed by atoms with Crippen LogP contribution < -0.4 is 11.1 Å². The van der Waals surface area contributed by atoms with Gasteiger partial charge in [0.15, 0.2) is 0 Å². The van der Waals surface area contributed by atoms with E-state index in [0.717, 1.165) is 25.8 Å². The Morgan fingerprint density at radius 2 is 2.45 bits per heavy atom. The molecule has 0 aromatic rings. The second kappa shape index (κ2) is 3.22. The third-order valence-corrected chi connectivity index (χ3v) is 2.49. The Hall–Kier alpha value is -0.570. The summed E-state index contributed by atoms with van der Waals surface area (Å²) in [6.07, 6.45) is 2.87. The van der Waals surface area contributed by atoms with Gasteiger partial charge in [-0.3, -0.25) is 4.79 Å². The van der Waals surface area contributed by atoms with Crippen molar-refractivity contribution < 1.29 is 4.79 Å². The maximum absolute atomic E-state index is 11.3. The van der Waals surface area contributed by atoms with E-state index in [1.807, 2.05) is 0 Å². The van der Waals surface area contributed by atoms with Crippen LogP contribution in [0.4, 0.5) is 0 Å². The van der Waals surface area contributed by atoms with Gasteiger partial charge in [0.25, 0.3) is 0 Å². The highest BCUT2D eigenvalue weighted by Crippen LogP contribution is 2.30. The monoisotopic (exact) mass is 156 g/mol. The summed E-state index contributed by atoms with van der Waals surface area (Å²) in [5, 5.41) is 2.83. The van der Waals surface area contributed by atoms with Crippen molar-refractivity contribution >= 4 is 5.91 Å². The van der Waals surface area contributed by atoms with Gasteiger partial charge in [0.1, 0.15) is 0 Å². The first-order valence-electron chi connectivity index (χ1n) is 4.23. The van der Waals surface area contributed by atoms with Gasteiger partial charge in [-0.1, -0.05) is 13.3 Å². The fourth-order valence-corrected chi connectivity index (χ4v) is 1.73. The molecule has 3 heteroatoms. The Kier molecular flexibility index (Phi) is 2.49. The first kappa shape index (κ1) is 8.53. The Morgan fingerprint density at radius 3 is 2.82 bits per heavy atom. The number of carbonyl (C=O) groups excluding carboxylic acids is 1. The van der Waals surface area contributed by atoms with Crippen LogP contribution in [0, 0.1) is 5.41 Å². The van der Waals surface area contributed by atoms with Crippen LogP contribution in [0.5, 0.6) is 0 Å². The molecule has 11 heavy (non-hydrogen) atoms. The van der Waals surface area contributed by atoms with E-state index in [-0.39, 0.29) is 11.3 Å². The number of rotatable bonds is 3. The summed E-state index contributed by atoms with van der Waals surface area (Å²) >= 11 is 0. The van der Waals surface area contributed by atoms with Gasteiger partial charge in [-0.15, -0.1) is 0 Å². The maximum Gasteiger partial charge on any atom is 0.227 e. The van der Waals surface area contributed by atoms with Gasteiger partial charge in [0.2, 0.25) is 5.91 Å². The van der Waals surface area contributed by atoms with E-state index < -0.39 is 0 Å². The summed E-state index contributed by atoms with van der Waals surface area (Å²) in [5.41, 5.74) is 5.36. The lowest BCUT2D eigenvalue weighted by Crippen LogP contribution is -2.37. The number of hydrogen-bond donors (Lipinski definition) is 2. The lowest BCUT2D eigenvalue weighted by atomic mass is 9.82. The van der Waals surface area contributed by atoms with E-state index in [1.165, 1.54) is 0 Å². The van der Waals surface area contributed by atoms with Crippen LogP contribution in [0.3, 0.4) is 0 Å². The smallest absolute Gasteiger partial charge is 0.227 e. The zero-order valence-corrected chi connectivity index (χ0v) is 7.02. The minimum atomic E-state index is -0.227. The van der Waals surface area contributed by atoms with Crippen LogP contribution in [0.1, 0.15) is 26.2 Å². The van der Waals surface area contributed by atoms with Crippen molar-refractivity contribution in [2.45, 2.75) is 26.2 Å². The SMILES string of the molecule is CCC[C@@]1(CN)CCNC1=O. The van der Waals surface area contributed by atoms with Crippen LogP contribution in [-0.2, 0) is 4.79 Å². The number of amides is 1. The minimum absolute atomic E-state index is 0.154. The number of carbonyl (C=O) groups is 1. The minimum Gasteiger partial charge on any atom is -0.356 e. The average Bonchev–Trinajstić information content (AvgIpc) is 2.35. The summed E-state index contributed by atoms with van der Waals surface area (Å²) in [4.78, 5) is 11.3. The Balaban J connectivity index is 2.65. The van der Waals surface area contributed by atoms with Gasteiger partial charge >= 0.3 is 0 Å². The molecule has 1 aliphatic heterocycles. The first-order chi connectivity index (χ1) is 5.25. The summed E-state index contributed by atoms with van der Waals surface area (Å²) < 4.78 is 0. The highest BCUT2D eigenvalue weighted by molar-refractivity contribution is 5.84. The van der Waals surface area contributed by atoms with Crippen molar-refractivity contribution in [3.8, 4) is 0 Å². The van der Waals surface area contributed by atoms with Crippen LogP contribution in [0.15, 0.2) is 0 Å². The van der Waals surface area contributed by atoms with Crippen LogP contribution in [0.2, 0.25) is 0 Å². The van der Waals surface area contributed by atoms with Crippen LogP contribution in [-0.4, -0.2) is 19.0 Å². The predicted molar refractivity (Wildman–Crippen MR) is 44.0 cm³/mol. The predicted octanol–water partition coefficient (Wildman–Crippen LogP) is 0.251. The molecule has 3 N–H and O–H groups in total. The normalized spacial score (nSPS) is 30.5. The van der Waals surface area contributed by atoms with Gasteiger partial charge in [0.05, 0.1) is 5.41 Å². The number of hydrogen-bond acceptors (Lipinski definition) is 2. The van der Waals surface area contributed by atoms with Gasteiger partial charge in [-0.25, -0.2) is 0 Å². The summed E-state index contributed by atoms with van der Waals surface area (Å²) in [6, 6.07) is 0. The van der Waals surface area contributed by atoms with E-state index >= 15 is 0 Å². The molecule has 1 amide bonds.